The highest BCUT2D eigenvalue weighted by Crippen LogP contribution is 2.25. The molecule has 0 aliphatic carbocycles. The molecular formula is C15H15N5. The van der Waals surface area contributed by atoms with Crippen molar-refractivity contribution in [3.8, 4) is 17.2 Å². The summed E-state index contributed by atoms with van der Waals surface area (Å²) < 4.78 is 1.47. The van der Waals surface area contributed by atoms with Crippen LogP contribution in [0.1, 0.15) is 25.2 Å². The van der Waals surface area contributed by atoms with Gasteiger partial charge in [0.2, 0.25) is 0 Å². The molecule has 0 bridgehead atoms. The van der Waals surface area contributed by atoms with E-state index in [-0.39, 0.29) is 0 Å². The van der Waals surface area contributed by atoms with Gasteiger partial charge < -0.3 is 0 Å². The predicted octanol–water partition coefficient (Wildman–Crippen LogP) is 3.00. The standard InChI is InChI=1S/C13H9N5.C2H6/c1-9-12(10-5-3-2-4-6-10)11(7-14)18-13(17-9)15-8-16-18;1-2/h2-6,8H,1H3;1-2H3. The molecule has 20 heavy (non-hydrogen) atoms. The minimum absolute atomic E-state index is 0.448. The second-order valence-electron chi connectivity index (χ2n) is 3.87. The molecule has 0 spiro atoms. The zero-order valence-corrected chi connectivity index (χ0v) is 11.7. The van der Waals surface area contributed by atoms with Crippen LogP contribution in [0.15, 0.2) is 36.7 Å². The molecule has 0 fully saturated rings. The first-order valence-electron chi connectivity index (χ1n) is 6.47. The molecule has 0 saturated heterocycles. The fourth-order valence-corrected chi connectivity index (χ4v) is 2.01. The number of nitriles is 1. The largest absolute Gasteiger partial charge is 0.253 e. The third-order valence-corrected chi connectivity index (χ3v) is 2.78. The summed E-state index contributed by atoms with van der Waals surface area (Å²) >= 11 is 0. The second kappa shape index (κ2) is 5.93. The Kier molecular flexibility index (Phi) is 4.06. The second-order valence-corrected chi connectivity index (χ2v) is 3.87. The Hall–Kier alpha value is -2.74. The molecule has 0 atom stereocenters. The fourth-order valence-electron chi connectivity index (χ4n) is 2.01. The predicted molar refractivity (Wildman–Crippen MR) is 77.0 cm³/mol. The van der Waals surface area contributed by atoms with E-state index < -0.39 is 0 Å². The van der Waals surface area contributed by atoms with Crippen LogP contribution in [0.2, 0.25) is 0 Å². The quantitative estimate of drug-likeness (QED) is 0.678. The first-order valence-corrected chi connectivity index (χ1v) is 6.47. The Balaban J connectivity index is 0.000000704. The monoisotopic (exact) mass is 265 g/mol. The van der Waals surface area contributed by atoms with Gasteiger partial charge in [0.25, 0.3) is 5.78 Å². The normalized spacial score (nSPS) is 9.70. The summed E-state index contributed by atoms with van der Waals surface area (Å²) in [6.45, 7) is 5.87. The topological polar surface area (TPSA) is 66.9 Å². The maximum absolute atomic E-state index is 9.35. The van der Waals surface area contributed by atoms with Gasteiger partial charge >= 0.3 is 0 Å². The molecular weight excluding hydrogens is 250 g/mol. The number of nitrogens with zero attached hydrogens (tertiary/aromatic N) is 5. The van der Waals surface area contributed by atoms with Crippen LogP contribution < -0.4 is 0 Å². The van der Waals surface area contributed by atoms with E-state index in [0.29, 0.717) is 11.5 Å². The van der Waals surface area contributed by atoms with Gasteiger partial charge in [-0.2, -0.15) is 19.9 Å². The Labute approximate surface area is 117 Å². The molecule has 5 heteroatoms. The maximum Gasteiger partial charge on any atom is 0.253 e. The number of hydrogen-bond acceptors (Lipinski definition) is 4. The van der Waals surface area contributed by atoms with Crippen LogP contribution in [0.3, 0.4) is 0 Å². The van der Waals surface area contributed by atoms with Gasteiger partial charge in [-0.25, -0.2) is 4.98 Å². The van der Waals surface area contributed by atoms with Crippen LogP contribution >= 0.6 is 0 Å². The van der Waals surface area contributed by atoms with E-state index >= 15 is 0 Å². The Morgan fingerprint density at radius 3 is 2.50 bits per heavy atom. The van der Waals surface area contributed by atoms with Crippen molar-refractivity contribution in [3.63, 3.8) is 0 Å². The average Bonchev–Trinajstić information content (AvgIpc) is 2.96. The Morgan fingerprint density at radius 2 is 1.85 bits per heavy atom. The van der Waals surface area contributed by atoms with Gasteiger partial charge in [0.15, 0.2) is 5.69 Å². The molecule has 0 radical (unpaired) electrons. The zero-order valence-electron chi connectivity index (χ0n) is 11.7. The third kappa shape index (κ3) is 2.24. The first kappa shape index (κ1) is 13.7. The summed E-state index contributed by atoms with van der Waals surface area (Å²) in [7, 11) is 0. The van der Waals surface area contributed by atoms with Crippen molar-refractivity contribution in [2.45, 2.75) is 20.8 Å². The average molecular weight is 265 g/mol. The van der Waals surface area contributed by atoms with Crippen molar-refractivity contribution < 1.29 is 0 Å². The molecule has 0 amide bonds. The van der Waals surface area contributed by atoms with Gasteiger partial charge in [0.05, 0.1) is 5.69 Å². The van der Waals surface area contributed by atoms with E-state index in [2.05, 4.69) is 21.1 Å². The van der Waals surface area contributed by atoms with E-state index in [4.69, 9.17) is 0 Å². The smallest absolute Gasteiger partial charge is 0.216 e. The minimum Gasteiger partial charge on any atom is -0.216 e. The number of fused-ring (bicyclic) bond motifs is 1. The Bertz CT molecular complexity index is 753. The molecule has 0 saturated carbocycles. The van der Waals surface area contributed by atoms with Crippen molar-refractivity contribution in [1.29, 1.82) is 5.26 Å². The van der Waals surface area contributed by atoms with Gasteiger partial charge in [-0.15, -0.1) is 0 Å². The van der Waals surface area contributed by atoms with Gasteiger partial charge in [-0.1, -0.05) is 44.2 Å². The number of benzene rings is 1. The molecule has 100 valence electrons. The molecule has 3 rings (SSSR count). The summed E-state index contributed by atoms with van der Waals surface area (Å²) in [5.74, 6) is 0.448. The van der Waals surface area contributed by atoms with Crippen molar-refractivity contribution in [3.05, 3.63) is 48.0 Å². The lowest BCUT2D eigenvalue weighted by Gasteiger charge is -2.08. The molecule has 0 N–H and O–H groups in total. The molecule has 0 unspecified atom stereocenters. The minimum atomic E-state index is 0.448. The highest BCUT2D eigenvalue weighted by atomic mass is 15.3. The lowest BCUT2D eigenvalue weighted by molar-refractivity contribution is 0.913. The summed E-state index contributed by atoms with van der Waals surface area (Å²) in [5.41, 5.74) is 2.99. The van der Waals surface area contributed by atoms with Crippen LogP contribution in [0.25, 0.3) is 16.9 Å². The molecule has 2 heterocycles. The lowest BCUT2D eigenvalue weighted by atomic mass is 10.0. The van der Waals surface area contributed by atoms with Crippen molar-refractivity contribution >= 4 is 5.78 Å². The van der Waals surface area contributed by atoms with Gasteiger partial charge in [0, 0.05) is 5.56 Å². The number of hydrogen-bond donors (Lipinski definition) is 0. The van der Waals surface area contributed by atoms with Gasteiger partial charge in [-0.3, -0.25) is 0 Å². The molecule has 0 aliphatic rings. The number of rotatable bonds is 1. The SMILES string of the molecule is CC.Cc1nc2ncnn2c(C#N)c1-c1ccccc1. The summed E-state index contributed by atoms with van der Waals surface area (Å²) in [4.78, 5) is 8.37. The van der Waals surface area contributed by atoms with Crippen molar-refractivity contribution in [2.24, 2.45) is 0 Å². The van der Waals surface area contributed by atoms with E-state index in [1.807, 2.05) is 51.1 Å². The fraction of sp³-hybridized carbons (Fsp3) is 0.200. The molecule has 0 aliphatic heterocycles. The van der Waals surface area contributed by atoms with E-state index in [9.17, 15) is 5.26 Å². The number of aromatic nitrogens is 4. The van der Waals surface area contributed by atoms with Gasteiger partial charge in [-0.05, 0) is 12.5 Å². The molecule has 3 aromatic rings. The van der Waals surface area contributed by atoms with E-state index in [1.54, 1.807) is 0 Å². The van der Waals surface area contributed by atoms with Crippen molar-refractivity contribution in [1.82, 2.24) is 19.6 Å². The zero-order chi connectivity index (χ0) is 14.5. The summed E-state index contributed by atoms with van der Waals surface area (Å²) in [6, 6.07) is 11.9. The Morgan fingerprint density at radius 1 is 1.15 bits per heavy atom. The lowest BCUT2D eigenvalue weighted by Crippen LogP contribution is -2.03. The van der Waals surface area contributed by atoms with Crippen LogP contribution in [0.5, 0.6) is 0 Å². The summed E-state index contributed by atoms with van der Waals surface area (Å²) in [5, 5.41) is 13.4. The summed E-state index contributed by atoms with van der Waals surface area (Å²) in [6.07, 6.45) is 1.40. The van der Waals surface area contributed by atoms with E-state index in [1.165, 1.54) is 10.8 Å². The van der Waals surface area contributed by atoms with E-state index in [0.717, 1.165) is 16.8 Å². The molecule has 5 nitrogen and oxygen atoms in total. The number of aryl methyl sites for hydroxylation is 1. The van der Waals surface area contributed by atoms with Crippen LogP contribution in [-0.2, 0) is 0 Å². The third-order valence-electron chi connectivity index (χ3n) is 2.78. The maximum atomic E-state index is 9.35. The molecule has 1 aromatic carbocycles. The van der Waals surface area contributed by atoms with Crippen LogP contribution in [0, 0.1) is 18.3 Å². The molecule has 2 aromatic heterocycles. The van der Waals surface area contributed by atoms with Crippen molar-refractivity contribution in [2.75, 3.05) is 0 Å². The highest BCUT2D eigenvalue weighted by molar-refractivity contribution is 5.72. The van der Waals surface area contributed by atoms with Crippen LogP contribution in [0.4, 0.5) is 0 Å². The van der Waals surface area contributed by atoms with Crippen LogP contribution in [-0.4, -0.2) is 19.6 Å². The van der Waals surface area contributed by atoms with Gasteiger partial charge in [0.1, 0.15) is 12.4 Å². The first-order chi connectivity index (χ1) is 9.81. The highest BCUT2D eigenvalue weighted by Gasteiger charge is 2.15.